The monoisotopic (exact) mass is 504 g/mol. The SMILES string of the molecule is COc1cc(OC)c(/C(O)=C2\C(=O)C(=O)N(c3nc4ccc(C)cc4[nH]3)C2c2ccccn2)cc1Cl. The maximum absolute atomic E-state index is 13.4. The summed E-state index contributed by atoms with van der Waals surface area (Å²) in [5.41, 5.74) is 2.66. The first-order chi connectivity index (χ1) is 17.3. The molecular weight excluding hydrogens is 484 g/mol. The Hall–Kier alpha value is -4.37. The van der Waals surface area contributed by atoms with Crippen LogP contribution in [0.15, 0.2) is 60.3 Å². The Balaban J connectivity index is 1.75. The lowest BCUT2D eigenvalue weighted by atomic mass is 9.98. The topological polar surface area (TPSA) is 118 Å². The Morgan fingerprint density at radius 1 is 1.08 bits per heavy atom. The molecule has 0 aliphatic carbocycles. The average Bonchev–Trinajstić information content (AvgIpc) is 3.41. The summed E-state index contributed by atoms with van der Waals surface area (Å²) in [6.07, 6.45) is 1.54. The van der Waals surface area contributed by atoms with E-state index in [0.29, 0.717) is 22.5 Å². The maximum atomic E-state index is 13.4. The van der Waals surface area contributed by atoms with Crippen LogP contribution in [0.1, 0.15) is 22.9 Å². The molecule has 1 saturated heterocycles. The Morgan fingerprint density at radius 2 is 1.86 bits per heavy atom. The number of ether oxygens (including phenoxy) is 2. The molecule has 0 saturated carbocycles. The molecule has 1 fully saturated rings. The van der Waals surface area contributed by atoms with Crippen molar-refractivity contribution >= 4 is 46.0 Å². The fourth-order valence-corrected chi connectivity index (χ4v) is 4.52. The minimum Gasteiger partial charge on any atom is -0.507 e. The zero-order valence-electron chi connectivity index (χ0n) is 19.6. The summed E-state index contributed by atoms with van der Waals surface area (Å²) in [6.45, 7) is 1.94. The van der Waals surface area contributed by atoms with Gasteiger partial charge in [-0.25, -0.2) is 4.98 Å². The highest BCUT2D eigenvalue weighted by atomic mass is 35.5. The molecule has 1 amide bonds. The lowest BCUT2D eigenvalue weighted by molar-refractivity contribution is -0.132. The fourth-order valence-electron chi connectivity index (χ4n) is 4.28. The fraction of sp³-hybridized carbons (Fsp3) is 0.154. The van der Waals surface area contributed by atoms with E-state index in [2.05, 4.69) is 15.0 Å². The molecule has 0 bridgehead atoms. The second-order valence-corrected chi connectivity index (χ2v) is 8.60. The molecule has 1 unspecified atom stereocenters. The van der Waals surface area contributed by atoms with Gasteiger partial charge < -0.3 is 19.6 Å². The van der Waals surface area contributed by atoms with Crippen LogP contribution in [0.3, 0.4) is 0 Å². The number of hydrogen-bond acceptors (Lipinski definition) is 7. The highest BCUT2D eigenvalue weighted by Crippen LogP contribution is 2.44. The van der Waals surface area contributed by atoms with Crippen LogP contribution >= 0.6 is 11.6 Å². The summed E-state index contributed by atoms with van der Waals surface area (Å²) in [4.78, 5) is 40.0. The number of aromatic amines is 1. The number of aryl methyl sites for hydroxylation is 1. The van der Waals surface area contributed by atoms with Crippen LogP contribution in [-0.2, 0) is 9.59 Å². The van der Waals surface area contributed by atoms with Gasteiger partial charge in [0.1, 0.15) is 23.3 Å². The van der Waals surface area contributed by atoms with E-state index in [9.17, 15) is 14.7 Å². The average molecular weight is 505 g/mol. The summed E-state index contributed by atoms with van der Waals surface area (Å²) in [5.74, 6) is -1.52. The minimum atomic E-state index is -1.06. The van der Waals surface area contributed by atoms with Crippen LogP contribution in [0.4, 0.5) is 5.95 Å². The predicted octanol–water partition coefficient (Wildman–Crippen LogP) is 4.56. The number of rotatable bonds is 5. The van der Waals surface area contributed by atoms with Crippen molar-refractivity contribution in [2.24, 2.45) is 0 Å². The number of methoxy groups -OCH3 is 2. The lowest BCUT2D eigenvalue weighted by Crippen LogP contribution is -2.30. The predicted molar refractivity (Wildman–Crippen MR) is 134 cm³/mol. The second-order valence-electron chi connectivity index (χ2n) is 8.19. The van der Waals surface area contributed by atoms with E-state index in [0.717, 1.165) is 5.56 Å². The molecule has 182 valence electrons. The van der Waals surface area contributed by atoms with Crippen LogP contribution in [0.5, 0.6) is 11.5 Å². The number of benzene rings is 2. The number of nitrogens with zero attached hydrogens (tertiary/aromatic N) is 3. The van der Waals surface area contributed by atoms with Crippen molar-refractivity contribution in [2.75, 3.05) is 19.1 Å². The highest BCUT2D eigenvalue weighted by molar-refractivity contribution is 6.51. The molecule has 9 nitrogen and oxygen atoms in total. The Bertz CT molecular complexity index is 1550. The number of carbonyl (C=O) groups excluding carboxylic acids is 2. The largest absolute Gasteiger partial charge is 0.507 e. The number of carbonyl (C=O) groups is 2. The van der Waals surface area contributed by atoms with Crippen molar-refractivity contribution in [1.82, 2.24) is 15.0 Å². The molecule has 4 aromatic rings. The van der Waals surface area contributed by atoms with Crippen molar-refractivity contribution < 1.29 is 24.2 Å². The summed E-state index contributed by atoms with van der Waals surface area (Å²) >= 11 is 6.31. The Kier molecular flexibility index (Phi) is 5.85. The van der Waals surface area contributed by atoms with Gasteiger partial charge in [0.05, 0.1) is 47.1 Å². The summed E-state index contributed by atoms with van der Waals surface area (Å²) in [6, 6.07) is 12.6. The summed E-state index contributed by atoms with van der Waals surface area (Å²) in [7, 11) is 2.85. The number of pyridine rings is 1. The number of aromatic nitrogens is 3. The van der Waals surface area contributed by atoms with Crippen LogP contribution in [0, 0.1) is 6.92 Å². The van der Waals surface area contributed by atoms with Gasteiger partial charge in [-0.05, 0) is 42.8 Å². The van der Waals surface area contributed by atoms with Gasteiger partial charge in [0.2, 0.25) is 5.95 Å². The van der Waals surface area contributed by atoms with Crippen molar-refractivity contribution in [3.63, 3.8) is 0 Å². The molecule has 0 spiro atoms. The van der Waals surface area contributed by atoms with Gasteiger partial charge in [-0.3, -0.25) is 19.5 Å². The first-order valence-electron chi connectivity index (χ1n) is 10.9. The van der Waals surface area contributed by atoms with Crippen molar-refractivity contribution in [1.29, 1.82) is 0 Å². The van der Waals surface area contributed by atoms with E-state index in [-0.39, 0.29) is 27.9 Å². The molecule has 2 aromatic carbocycles. The van der Waals surface area contributed by atoms with Crippen LogP contribution in [-0.4, -0.2) is 46.0 Å². The third kappa shape index (κ3) is 3.74. The van der Waals surface area contributed by atoms with Crippen molar-refractivity contribution in [3.05, 3.63) is 82.1 Å². The third-order valence-corrected chi connectivity index (χ3v) is 6.29. The van der Waals surface area contributed by atoms with E-state index in [1.807, 2.05) is 25.1 Å². The van der Waals surface area contributed by atoms with Crippen LogP contribution < -0.4 is 14.4 Å². The first-order valence-corrected chi connectivity index (χ1v) is 11.3. The first kappa shape index (κ1) is 23.4. The van der Waals surface area contributed by atoms with Gasteiger partial charge in [-0.2, -0.15) is 0 Å². The number of nitrogens with one attached hydrogen (secondary N) is 1. The highest BCUT2D eigenvalue weighted by Gasteiger charge is 2.49. The van der Waals surface area contributed by atoms with Crippen molar-refractivity contribution in [3.8, 4) is 11.5 Å². The van der Waals surface area contributed by atoms with E-state index < -0.39 is 23.5 Å². The number of anilines is 1. The van der Waals surface area contributed by atoms with Gasteiger partial charge in [-0.15, -0.1) is 0 Å². The number of imidazole rings is 1. The molecule has 0 radical (unpaired) electrons. The molecule has 36 heavy (non-hydrogen) atoms. The zero-order chi connectivity index (χ0) is 25.6. The molecular formula is C26H21ClN4O5. The number of amides is 1. The van der Waals surface area contributed by atoms with E-state index in [1.165, 1.54) is 31.3 Å². The molecule has 3 heterocycles. The Morgan fingerprint density at radius 3 is 2.56 bits per heavy atom. The molecule has 1 atom stereocenters. The molecule has 1 aliphatic heterocycles. The van der Waals surface area contributed by atoms with Crippen LogP contribution in [0.25, 0.3) is 16.8 Å². The van der Waals surface area contributed by atoms with Gasteiger partial charge in [0, 0.05) is 12.3 Å². The van der Waals surface area contributed by atoms with Crippen molar-refractivity contribution in [2.45, 2.75) is 13.0 Å². The number of halogens is 1. The van der Waals surface area contributed by atoms with E-state index in [4.69, 9.17) is 21.1 Å². The summed E-state index contributed by atoms with van der Waals surface area (Å²) < 4.78 is 10.6. The van der Waals surface area contributed by atoms with Gasteiger partial charge in [0.25, 0.3) is 5.78 Å². The number of H-pyrrole nitrogens is 1. The molecule has 5 rings (SSSR count). The quantitative estimate of drug-likeness (QED) is 0.232. The number of aliphatic hydroxyl groups is 1. The number of Topliss-reactive ketones (excluding diaryl/α,β-unsaturated/α-hetero) is 1. The standard InChI is InChI=1S/C26H21ClN4O5/c1-13-7-8-16-18(10-13)30-26(29-16)31-22(17-6-4-5-9-28-17)21(24(33)25(31)34)23(32)14-11-15(27)20(36-3)12-19(14)35-2/h4-12,22,32H,1-3H3,(H,29,30)/b23-21+. The number of ketones is 1. The Labute approximate surface area is 211 Å². The number of aliphatic hydroxyl groups excluding tert-OH is 1. The molecule has 10 heteroatoms. The zero-order valence-corrected chi connectivity index (χ0v) is 20.3. The lowest BCUT2D eigenvalue weighted by Gasteiger charge is -2.22. The molecule has 2 aromatic heterocycles. The van der Waals surface area contributed by atoms with E-state index >= 15 is 0 Å². The van der Waals surface area contributed by atoms with Gasteiger partial charge in [-0.1, -0.05) is 23.7 Å². The minimum absolute atomic E-state index is 0.127. The maximum Gasteiger partial charge on any atom is 0.302 e. The number of fused-ring (bicyclic) bond motifs is 1. The van der Waals surface area contributed by atoms with Crippen LogP contribution in [0.2, 0.25) is 5.02 Å². The normalized spacial score (nSPS) is 17.1. The van der Waals surface area contributed by atoms with Gasteiger partial charge in [0.15, 0.2) is 0 Å². The number of hydrogen-bond donors (Lipinski definition) is 2. The third-order valence-electron chi connectivity index (χ3n) is 5.99. The van der Waals surface area contributed by atoms with Gasteiger partial charge >= 0.3 is 5.91 Å². The molecule has 2 N–H and O–H groups in total. The molecule has 1 aliphatic rings. The van der Waals surface area contributed by atoms with E-state index in [1.54, 1.807) is 24.4 Å². The smallest absolute Gasteiger partial charge is 0.302 e. The second kappa shape index (κ2) is 9.01. The summed E-state index contributed by atoms with van der Waals surface area (Å²) in [5, 5.41) is 11.6.